The molecule has 1 amide bonds. The number of nitrogens with one attached hydrogen (secondary N) is 1. The Balaban J connectivity index is 0.000000308. The van der Waals surface area contributed by atoms with Crippen molar-refractivity contribution in [1.29, 1.82) is 0 Å². The van der Waals surface area contributed by atoms with Gasteiger partial charge in [0, 0.05) is 42.6 Å². The third kappa shape index (κ3) is 8.05. The van der Waals surface area contributed by atoms with E-state index in [0.29, 0.717) is 0 Å². The number of amides is 1. The van der Waals surface area contributed by atoms with E-state index in [1.165, 1.54) is 30.4 Å². The molecule has 0 saturated heterocycles. The molecule has 1 aliphatic carbocycles. The summed E-state index contributed by atoms with van der Waals surface area (Å²) in [6.45, 7) is 7.99. The van der Waals surface area contributed by atoms with Gasteiger partial charge in [0.05, 0.1) is 0 Å². The SMILES string of the molecule is CCC1CCC(C(=O)Nc2cc[c-]cc2)CC1.CCc1c(C)cccc1C(C)=O.[U]. The predicted octanol–water partition coefficient (Wildman–Crippen LogP) is 6.40. The Kier molecular flexibility index (Phi) is 12.3. The minimum Gasteiger partial charge on any atom is -0.349 e. The van der Waals surface area contributed by atoms with Crippen molar-refractivity contribution >= 4 is 17.4 Å². The molecule has 160 valence electrons. The summed E-state index contributed by atoms with van der Waals surface area (Å²) in [5.74, 6) is 1.40. The van der Waals surface area contributed by atoms with Gasteiger partial charge >= 0.3 is 0 Å². The van der Waals surface area contributed by atoms with E-state index in [9.17, 15) is 9.59 Å². The maximum absolute atomic E-state index is 12.0. The third-order valence-corrected chi connectivity index (χ3v) is 5.92. The summed E-state index contributed by atoms with van der Waals surface area (Å²) in [7, 11) is 0. The van der Waals surface area contributed by atoms with Crippen LogP contribution in [0.15, 0.2) is 42.5 Å². The van der Waals surface area contributed by atoms with Crippen LogP contribution in [0, 0.1) is 55.9 Å². The molecule has 3 rings (SSSR count). The summed E-state index contributed by atoms with van der Waals surface area (Å²) < 4.78 is 0. The van der Waals surface area contributed by atoms with E-state index in [1.807, 2.05) is 49.4 Å². The van der Waals surface area contributed by atoms with Gasteiger partial charge in [-0.1, -0.05) is 44.2 Å². The minimum absolute atomic E-state index is 0. The van der Waals surface area contributed by atoms with Gasteiger partial charge in [-0.05, 0) is 63.0 Å². The first-order valence-electron chi connectivity index (χ1n) is 10.8. The van der Waals surface area contributed by atoms with Crippen molar-refractivity contribution in [3.63, 3.8) is 0 Å². The normalized spacial score (nSPS) is 17.7. The predicted molar refractivity (Wildman–Crippen MR) is 120 cm³/mol. The van der Waals surface area contributed by atoms with Crippen LogP contribution in [0.1, 0.15) is 74.4 Å². The number of benzene rings is 2. The second-order valence-corrected chi connectivity index (χ2v) is 7.91. The molecule has 0 atom stereocenters. The van der Waals surface area contributed by atoms with E-state index in [4.69, 9.17) is 0 Å². The Morgan fingerprint density at radius 3 is 2.17 bits per heavy atom. The monoisotopic (exact) mass is 630 g/mol. The molecule has 0 aromatic heterocycles. The van der Waals surface area contributed by atoms with Crippen molar-refractivity contribution in [2.24, 2.45) is 11.8 Å². The fraction of sp³-hybridized carbons (Fsp3) is 0.462. The second-order valence-electron chi connectivity index (χ2n) is 7.91. The maximum atomic E-state index is 12.0. The molecule has 1 N–H and O–H groups in total. The van der Waals surface area contributed by atoms with Crippen LogP contribution in [0.5, 0.6) is 0 Å². The Bertz CT molecular complexity index is 796. The number of hydrogen-bond acceptors (Lipinski definition) is 2. The molecule has 3 nitrogen and oxygen atoms in total. The van der Waals surface area contributed by atoms with Crippen LogP contribution in [-0.2, 0) is 11.2 Å². The Hall–Kier alpha value is -1.37. The molecule has 0 radical (unpaired) electrons. The van der Waals surface area contributed by atoms with Crippen molar-refractivity contribution in [2.75, 3.05) is 5.32 Å². The first-order chi connectivity index (χ1) is 14.0. The van der Waals surface area contributed by atoms with E-state index in [1.54, 1.807) is 6.92 Å². The zero-order chi connectivity index (χ0) is 21.2. The van der Waals surface area contributed by atoms with Gasteiger partial charge in [0.15, 0.2) is 5.78 Å². The summed E-state index contributed by atoms with van der Waals surface area (Å²) >= 11 is 0. The number of ketones is 1. The van der Waals surface area contributed by atoms with Crippen LogP contribution in [0.2, 0.25) is 0 Å². The van der Waals surface area contributed by atoms with Gasteiger partial charge in [-0.25, -0.2) is 0 Å². The minimum atomic E-state index is 0. The van der Waals surface area contributed by atoms with Crippen molar-refractivity contribution in [3.05, 3.63) is 65.2 Å². The van der Waals surface area contributed by atoms with Crippen molar-refractivity contribution in [2.45, 2.75) is 66.2 Å². The quantitative estimate of drug-likeness (QED) is 0.307. The van der Waals surface area contributed by atoms with Gasteiger partial charge in [-0.15, -0.1) is 12.1 Å². The first-order valence-corrected chi connectivity index (χ1v) is 10.8. The topological polar surface area (TPSA) is 46.2 Å². The van der Waals surface area contributed by atoms with Crippen LogP contribution >= 0.6 is 0 Å². The molecule has 0 aliphatic heterocycles. The molecule has 0 unspecified atom stereocenters. The number of carbonyl (C=O) groups excluding carboxylic acids is 2. The standard InChI is InChI=1S/C15H20NO.C11H14O.U/c1-2-12-8-10-13(11-9-12)15(17)16-14-6-4-3-5-7-14;1-4-10-8(2)6-5-7-11(10)9(3)12;/h4-7,12-13H,2,8-11H2,1H3,(H,16,17);5-7H,4H2,1-3H3;/q-1;;. The fourth-order valence-corrected chi connectivity index (χ4v) is 4.05. The number of anilines is 1. The summed E-state index contributed by atoms with van der Waals surface area (Å²) in [6, 6.07) is 16.2. The largest absolute Gasteiger partial charge is 0.349 e. The molecule has 1 fully saturated rings. The molecule has 0 bridgehead atoms. The Morgan fingerprint density at radius 2 is 1.67 bits per heavy atom. The molecule has 1 aliphatic rings. The van der Waals surface area contributed by atoms with E-state index >= 15 is 0 Å². The van der Waals surface area contributed by atoms with Gasteiger partial charge in [-0.3, -0.25) is 9.59 Å². The molecule has 30 heavy (non-hydrogen) atoms. The number of hydrogen-bond donors (Lipinski definition) is 1. The van der Waals surface area contributed by atoms with Crippen LogP contribution in [-0.4, -0.2) is 11.7 Å². The summed E-state index contributed by atoms with van der Waals surface area (Å²) in [6.07, 6.45) is 6.69. The van der Waals surface area contributed by atoms with Crippen molar-refractivity contribution < 1.29 is 40.7 Å². The fourth-order valence-electron chi connectivity index (χ4n) is 4.05. The average Bonchev–Trinajstić information content (AvgIpc) is 2.74. The number of carbonyl (C=O) groups is 2. The second kappa shape index (κ2) is 13.8. The Labute approximate surface area is 205 Å². The summed E-state index contributed by atoms with van der Waals surface area (Å²) in [4.78, 5) is 23.2. The maximum Gasteiger partial charge on any atom is 0.225 e. The molecular weight excluding hydrogens is 596 g/mol. The van der Waals surface area contributed by atoms with Crippen LogP contribution < -0.4 is 5.32 Å². The van der Waals surface area contributed by atoms with E-state index in [-0.39, 0.29) is 48.7 Å². The van der Waals surface area contributed by atoms with Gasteiger partial charge < -0.3 is 5.32 Å². The molecule has 4 heteroatoms. The zero-order valence-corrected chi connectivity index (χ0v) is 22.9. The molecule has 0 spiro atoms. The zero-order valence-electron chi connectivity index (χ0n) is 18.8. The number of aryl methyl sites for hydroxylation is 1. The smallest absolute Gasteiger partial charge is 0.225 e. The summed E-state index contributed by atoms with van der Waals surface area (Å²) in [5, 5.41) is 2.99. The molecule has 1 saturated carbocycles. The van der Waals surface area contributed by atoms with Crippen LogP contribution in [0.3, 0.4) is 0 Å². The van der Waals surface area contributed by atoms with E-state index in [2.05, 4.69) is 25.2 Å². The average molecular weight is 631 g/mol. The third-order valence-electron chi connectivity index (χ3n) is 5.92. The molecular formula is C26H34NO2U-. The first kappa shape index (κ1) is 26.7. The van der Waals surface area contributed by atoms with Gasteiger partial charge in [0.1, 0.15) is 0 Å². The molecule has 2 aromatic rings. The number of rotatable bonds is 5. The van der Waals surface area contributed by atoms with Crippen LogP contribution in [0.4, 0.5) is 5.69 Å². The van der Waals surface area contributed by atoms with Gasteiger partial charge in [0.2, 0.25) is 5.91 Å². The van der Waals surface area contributed by atoms with Crippen LogP contribution in [0.25, 0.3) is 0 Å². The van der Waals surface area contributed by atoms with E-state index in [0.717, 1.165) is 36.4 Å². The van der Waals surface area contributed by atoms with Crippen molar-refractivity contribution in [1.82, 2.24) is 0 Å². The number of Topliss-reactive ketones (excluding diaryl/α,β-unsaturated/α-hetero) is 1. The summed E-state index contributed by atoms with van der Waals surface area (Å²) in [5.41, 5.74) is 4.15. The van der Waals surface area contributed by atoms with Gasteiger partial charge in [0.25, 0.3) is 0 Å². The molecule has 2 aromatic carbocycles. The Morgan fingerprint density at radius 1 is 1.03 bits per heavy atom. The molecule has 0 heterocycles. The van der Waals surface area contributed by atoms with E-state index < -0.39 is 0 Å². The van der Waals surface area contributed by atoms with Crippen molar-refractivity contribution in [3.8, 4) is 0 Å². The van der Waals surface area contributed by atoms with Gasteiger partial charge in [-0.2, -0.15) is 18.2 Å².